The molecule has 20 heavy (non-hydrogen) atoms. The number of anilines is 2. The highest BCUT2D eigenvalue weighted by molar-refractivity contribution is 7.09. The molecule has 0 radical (unpaired) electrons. The van der Waals surface area contributed by atoms with Crippen LogP contribution in [0.25, 0.3) is 0 Å². The lowest BCUT2D eigenvalue weighted by Gasteiger charge is -2.05. The van der Waals surface area contributed by atoms with Crippen LogP contribution in [0.4, 0.5) is 16.5 Å². The number of amides is 1. The molecule has 0 unspecified atom stereocenters. The van der Waals surface area contributed by atoms with E-state index in [9.17, 15) is 14.9 Å². The third kappa shape index (κ3) is 2.87. The van der Waals surface area contributed by atoms with E-state index in [1.54, 1.807) is 6.92 Å². The van der Waals surface area contributed by atoms with E-state index in [-0.39, 0.29) is 16.4 Å². The number of aromatic nitrogens is 2. The molecule has 1 amide bonds. The molecule has 0 aliphatic carbocycles. The van der Waals surface area contributed by atoms with E-state index in [1.807, 2.05) is 0 Å². The molecule has 2 aromatic rings. The number of nitro groups is 1. The molecule has 10 heteroatoms. The number of carbonyl (C=O) groups is 1. The van der Waals surface area contributed by atoms with Crippen LogP contribution >= 0.6 is 11.5 Å². The van der Waals surface area contributed by atoms with E-state index in [0.29, 0.717) is 11.5 Å². The van der Waals surface area contributed by atoms with Gasteiger partial charge in [0.25, 0.3) is 11.6 Å². The average molecular weight is 294 g/mol. The molecule has 0 fully saturated rings. The Labute approximate surface area is 117 Å². The molecule has 0 spiro atoms. The summed E-state index contributed by atoms with van der Waals surface area (Å²) in [4.78, 5) is 26.3. The lowest BCUT2D eigenvalue weighted by Crippen LogP contribution is -2.15. The number of nitrogens with zero attached hydrogens (tertiary/aromatic N) is 3. The Morgan fingerprint density at radius 1 is 1.50 bits per heavy atom. The fraction of sp³-hybridized carbons (Fsp3) is 0.100. The maximum atomic E-state index is 12.1. The van der Waals surface area contributed by atoms with E-state index >= 15 is 0 Å². The van der Waals surface area contributed by atoms with Crippen molar-refractivity contribution in [1.29, 1.82) is 0 Å². The van der Waals surface area contributed by atoms with E-state index in [4.69, 9.17) is 5.84 Å². The van der Waals surface area contributed by atoms with Crippen LogP contribution in [0.2, 0.25) is 0 Å². The second-order valence-electron chi connectivity index (χ2n) is 3.73. The van der Waals surface area contributed by atoms with Crippen LogP contribution in [0.5, 0.6) is 0 Å². The average Bonchev–Trinajstić information content (AvgIpc) is 2.83. The van der Waals surface area contributed by atoms with E-state index in [0.717, 1.165) is 11.5 Å². The van der Waals surface area contributed by atoms with Crippen molar-refractivity contribution in [2.24, 2.45) is 5.84 Å². The van der Waals surface area contributed by atoms with Crippen LogP contribution < -0.4 is 16.6 Å². The Kier molecular flexibility index (Phi) is 3.86. The summed E-state index contributed by atoms with van der Waals surface area (Å²) in [5, 5.41) is 13.7. The standard InChI is InChI=1S/C10H10N6O3S/c1-5-12-10(20-15-5)13-9(17)7-4-6(14-11)2-3-8(7)16(18)19/h2-4,14H,11H2,1H3,(H,12,13,15,17). The molecule has 1 aromatic carbocycles. The fourth-order valence-electron chi connectivity index (χ4n) is 1.48. The molecule has 4 N–H and O–H groups in total. The summed E-state index contributed by atoms with van der Waals surface area (Å²) in [6.45, 7) is 1.67. The van der Waals surface area contributed by atoms with E-state index in [2.05, 4.69) is 20.1 Å². The van der Waals surface area contributed by atoms with E-state index in [1.165, 1.54) is 18.2 Å². The molecular weight excluding hydrogens is 284 g/mol. The lowest BCUT2D eigenvalue weighted by molar-refractivity contribution is -0.385. The highest BCUT2D eigenvalue weighted by atomic mass is 32.1. The number of hydrazine groups is 1. The first-order valence-electron chi connectivity index (χ1n) is 5.38. The van der Waals surface area contributed by atoms with Crippen LogP contribution in [-0.2, 0) is 0 Å². The predicted octanol–water partition coefficient (Wildman–Crippen LogP) is 1.29. The number of carbonyl (C=O) groups excluding carboxylic acids is 1. The molecule has 0 bridgehead atoms. The number of nitrogen functional groups attached to an aromatic ring is 1. The summed E-state index contributed by atoms with van der Waals surface area (Å²) < 4.78 is 3.90. The zero-order valence-corrected chi connectivity index (χ0v) is 11.1. The summed E-state index contributed by atoms with van der Waals surface area (Å²) in [6, 6.07) is 3.90. The smallest absolute Gasteiger partial charge is 0.282 e. The summed E-state index contributed by atoms with van der Waals surface area (Å²) in [5.74, 6) is 5.09. The monoisotopic (exact) mass is 294 g/mol. The number of nitrogens with two attached hydrogens (primary N) is 1. The van der Waals surface area contributed by atoms with Crippen molar-refractivity contribution < 1.29 is 9.72 Å². The minimum Gasteiger partial charge on any atom is -0.324 e. The topological polar surface area (TPSA) is 136 Å². The summed E-state index contributed by atoms with van der Waals surface area (Å²) in [6.07, 6.45) is 0. The predicted molar refractivity (Wildman–Crippen MR) is 73.5 cm³/mol. The van der Waals surface area contributed by atoms with Gasteiger partial charge in [0.05, 0.1) is 4.92 Å². The molecule has 2 rings (SSSR count). The number of aryl methyl sites for hydroxylation is 1. The minimum absolute atomic E-state index is 0.113. The van der Waals surface area contributed by atoms with Gasteiger partial charge in [0.15, 0.2) is 0 Å². The first kappa shape index (κ1) is 13.8. The van der Waals surface area contributed by atoms with Crippen molar-refractivity contribution in [1.82, 2.24) is 9.36 Å². The lowest BCUT2D eigenvalue weighted by atomic mass is 10.1. The van der Waals surface area contributed by atoms with Gasteiger partial charge in [-0.2, -0.15) is 4.37 Å². The van der Waals surface area contributed by atoms with E-state index < -0.39 is 10.8 Å². The third-order valence-corrected chi connectivity index (χ3v) is 3.07. The number of benzene rings is 1. The number of rotatable bonds is 4. The Morgan fingerprint density at radius 2 is 2.25 bits per heavy atom. The van der Waals surface area contributed by atoms with Gasteiger partial charge in [-0.25, -0.2) is 4.98 Å². The maximum absolute atomic E-state index is 12.1. The Morgan fingerprint density at radius 3 is 2.80 bits per heavy atom. The Balaban J connectivity index is 2.34. The summed E-state index contributed by atoms with van der Waals surface area (Å²) >= 11 is 0.994. The fourth-order valence-corrected chi connectivity index (χ4v) is 2.05. The normalized spacial score (nSPS) is 10.1. The molecule has 104 valence electrons. The van der Waals surface area contributed by atoms with Crippen molar-refractivity contribution in [3.8, 4) is 0 Å². The molecule has 0 saturated heterocycles. The van der Waals surface area contributed by atoms with Crippen LogP contribution in [0, 0.1) is 17.0 Å². The first-order chi connectivity index (χ1) is 9.51. The quantitative estimate of drug-likeness (QED) is 0.439. The van der Waals surface area contributed by atoms with Gasteiger partial charge < -0.3 is 5.43 Å². The molecule has 9 nitrogen and oxygen atoms in total. The molecule has 0 saturated carbocycles. The zero-order chi connectivity index (χ0) is 14.7. The second kappa shape index (κ2) is 5.59. The van der Waals surface area contributed by atoms with Gasteiger partial charge in [-0.15, -0.1) is 0 Å². The first-order valence-corrected chi connectivity index (χ1v) is 6.15. The minimum atomic E-state index is -0.648. The van der Waals surface area contributed by atoms with Crippen molar-refractivity contribution >= 4 is 33.9 Å². The van der Waals surface area contributed by atoms with Crippen molar-refractivity contribution in [3.63, 3.8) is 0 Å². The van der Waals surface area contributed by atoms with Crippen LogP contribution in [-0.4, -0.2) is 20.2 Å². The molecule has 0 aliphatic heterocycles. The number of hydrogen-bond donors (Lipinski definition) is 3. The van der Waals surface area contributed by atoms with Gasteiger partial charge >= 0.3 is 0 Å². The molecule has 0 atom stereocenters. The van der Waals surface area contributed by atoms with Crippen LogP contribution in [0.3, 0.4) is 0 Å². The molecule has 1 heterocycles. The van der Waals surface area contributed by atoms with Crippen LogP contribution in [0.15, 0.2) is 18.2 Å². The molecule has 1 aromatic heterocycles. The summed E-state index contributed by atoms with van der Waals surface area (Å²) in [7, 11) is 0. The molecule has 0 aliphatic rings. The highest BCUT2D eigenvalue weighted by Crippen LogP contribution is 2.23. The van der Waals surface area contributed by atoms with Crippen LogP contribution in [0.1, 0.15) is 16.2 Å². The van der Waals surface area contributed by atoms with Gasteiger partial charge in [0, 0.05) is 23.3 Å². The maximum Gasteiger partial charge on any atom is 0.282 e. The number of hydrogen-bond acceptors (Lipinski definition) is 8. The Hall–Kier alpha value is -2.59. The second-order valence-corrected chi connectivity index (χ2v) is 4.49. The van der Waals surface area contributed by atoms with Crippen molar-refractivity contribution in [2.45, 2.75) is 6.92 Å². The molecular formula is C10H10N6O3S. The highest BCUT2D eigenvalue weighted by Gasteiger charge is 2.21. The van der Waals surface area contributed by atoms with Gasteiger partial charge in [-0.1, -0.05) is 0 Å². The number of nitrogens with one attached hydrogen (secondary N) is 2. The van der Waals surface area contributed by atoms with Crippen molar-refractivity contribution in [3.05, 3.63) is 39.7 Å². The SMILES string of the molecule is Cc1nsc(NC(=O)c2cc(NN)ccc2[N+](=O)[O-])n1. The summed E-state index contributed by atoms with van der Waals surface area (Å²) in [5.41, 5.74) is 2.28. The number of nitro benzene ring substituents is 1. The van der Waals surface area contributed by atoms with Gasteiger partial charge in [0.1, 0.15) is 11.4 Å². The third-order valence-electron chi connectivity index (χ3n) is 2.35. The van der Waals surface area contributed by atoms with Gasteiger partial charge in [-0.05, 0) is 19.1 Å². The largest absolute Gasteiger partial charge is 0.324 e. The van der Waals surface area contributed by atoms with Gasteiger partial charge in [-0.3, -0.25) is 26.1 Å². The van der Waals surface area contributed by atoms with Crippen molar-refractivity contribution in [2.75, 3.05) is 10.7 Å². The zero-order valence-electron chi connectivity index (χ0n) is 10.3. The Bertz CT molecular complexity index is 671. The van der Waals surface area contributed by atoms with Gasteiger partial charge in [0.2, 0.25) is 5.13 Å².